The lowest BCUT2D eigenvalue weighted by atomic mass is 10.0. The van der Waals surface area contributed by atoms with Crippen LogP contribution in [-0.4, -0.2) is 19.8 Å². The molecule has 6 nitrogen and oxygen atoms in total. The summed E-state index contributed by atoms with van der Waals surface area (Å²) in [6.45, 7) is 3.94. The Morgan fingerprint density at radius 3 is 2.50 bits per heavy atom. The molecule has 0 saturated heterocycles. The number of rotatable bonds is 6. The minimum Gasteiger partial charge on any atom is -0.507 e. The Kier molecular flexibility index (Phi) is 6.12. The zero-order chi connectivity index (χ0) is 21.9. The third-order valence-electron chi connectivity index (χ3n) is 4.21. The molecule has 0 radical (unpaired) electrons. The topological polar surface area (TPSA) is 93.8 Å². The van der Waals surface area contributed by atoms with Crippen LogP contribution in [0.1, 0.15) is 19.4 Å². The van der Waals surface area contributed by atoms with Crippen molar-refractivity contribution in [1.82, 2.24) is 0 Å². The molecule has 1 heterocycles. The average Bonchev–Trinajstić information content (AvgIpc) is 2.65. The van der Waals surface area contributed by atoms with Crippen molar-refractivity contribution in [1.29, 1.82) is 0 Å². The van der Waals surface area contributed by atoms with Gasteiger partial charge in [0.25, 0.3) is 0 Å². The van der Waals surface area contributed by atoms with E-state index in [9.17, 15) is 18.3 Å². The van der Waals surface area contributed by atoms with Gasteiger partial charge in [0, 0.05) is 23.3 Å². The molecule has 0 amide bonds. The molecule has 3 rings (SSSR count). The van der Waals surface area contributed by atoms with Gasteiger partial charge in [-0.1, -0.05) is 54.1 Å². The van der Waals surface area contributed by atoms with E-state index in [0.717, 1.165) is 17.9 Å². The van der Waals surface area contributed by atoms with E-state index in [-0.39, 0.29) is 22.1 Å². The molecule has 0 atom stereocenters. The van der Waals surface area contributed by atoms with E-state index in [1.807, 2.05) is 62.4 Å². The molecule has 0 aliphatic carbocycles. The van der Waals surface area contributed by atoms with Crippen molar-refractivity contribution in [2.24, 2.45) is 0 Å². The smallest absolute Gasteiger partial charge is 0.306 e. The number of hydrogen-bond donors (Lipinski definition) is 1. The summed E-state index contributed by atoms with van der Waals surface area (Å²) in [4.78, 5) is 13.2. The molecule has 0 aliphatic heterocycles. The van der Waals surface area contributed by atoms with Crippen LogP contribution in [0, 0.1) is 0 Å². The van der Waals surface area contributed by atoms with Gasteiger partial charge < -0.3 is 13.7 Å². The van der Waals surface area contributed by atoms with Gasteiger partial charge in [0.2, 0.25) is 5.43 Å². The lowest BCUT2D eigenvalue weighted by Crippen LogP contribution is -2.11. The molecule has 0 fully saturated rings. The second kappa shape index (κ2) is 8.59. The van der Waals surface area contributed by atoms with Crippen LogP contribution < -0.4 is 9.61 Å². The molecule has 0 spiro atoms. The summed E-state index contributed by atoms with van der Waals surface area (Å²) in [5, 5.41) is 10.4. The van der Waals surface area contributed by atoms with Gasteiger partial charge in [-0.2, -0.15) is 8.42 Å². The maximum Gasteiger partial charge on any atom is 0.306 e. The molecule has 0 bridgehead atoms. The molecule has 0 unspecified atom stereocenters. The Hall–Kier alpha value is -3.32. The highest BCUT2D eigenvalue weighted by Crippen LogP contribution is 2.33. The third kappa shape index (κ3) is 4.99. The standard InChI is InChI=1S/C23H22O6S/c1-15(2)9-7-8-12-18-22(25)21-19(24)13-17(29-30(3,26)27)14-20(21)28-23(18)16-10-5-4-6-11-16/h4-11,13-14,24H,12H2,1-3H3/b8-7+. The molecule has 0 aliphatic rings. The van der Waals surface area contributed by atoms with Gasteiger partial charge in [-0.05, 0) is 20.3 Å². The van der Waals surface area contributed by atoms with E-state index in [4.69, 9.17) is 8.60 Å². The largest absolute Gasteiger partial charge is 0.507 e. The summed E-state index contributed by atoms with van der Waals surface area (Å²) < 4.78 is 33.7. The van der Waals surface area contributed by atoms with E-state index in [2.05, 4.69) is 0 Å². The first-order valence-corrected chi connectivity index (χ1v) is 11.0. The highest BCUT2D eigenvalue weighted by Gasteiger charge is 2.19. The van der Waals surface area contributed by atoms with Crippen molar-refractivity contribution in [3.63, 3.8) is 0 Å². The zero-order valence-electron chi connectivity index (χ0n) is 16.9. The molecule has 7 heteroatoms. The molecule has 1 aromatic heterocycles. The van der Waals surface area contributed by atoms with E-state index in [0.29, 0.717) is 23.3 Å². The molecule has 3 aromatic rings. The van der Waals surface area contributed by atoms with Gasteiger partial charge in [0.05, 0.1) is 6.26 Å². The maximum atomic E-state index is 13.2. The highest BCUT2D eigenvalue weighted by atomic mass is 32.2. The number of phenols is 1. The Balaban J connectivity index is 2.25. The fourth-order valence-corrected chi connectivity index (χ4v) is 3.43. The number of allylic oxidation sites excluding steroid dienone is 4. The first-order chi connectivity index (χ1) is 14.2. The summed E-state index contributed by atoms with van der Waals surface area (Å²) in [6, 6.07) is 11.5. The summed E-state index contributed by atoms with van der Waals surface area (Å²) in [6.07, 6.45) is 6.82. The van der Waals surface area contributed by atoms with Crippen LogP contribution in [0.5, 0.6) is 11.5 Å². The Labute approximate surface area is 174 Å². The van der Waals surface area contributed by atoms with E-state index in [1.165, 1.54) is 6.07 Å². The van der Waals surface area contributed by atoms with Gasteiger partial charge in [-0.3, -0.25) is 4.79 Å². The minimum atomic E-state index is -3.81. The quantitative estimate of drug-likeness (QED) is 0.458. The second-order valence-electron chi connectivity index (χ2n) is 7.08. The van der Waals surface area contributed by atoms with Gasteiger partial charge in [0.15, 0.2) is 0 Å². The maximum absolute atomic E-state index is 13.2. The lowest BCUT2D eigenvalue weighted by molar-refractivity contribution is 0.468. The fraction of sp³-hybridized carbons (Fsp3) is 0.174. The summed E-state index contributed by atoms with van der Waals surface area (Å²) in [5.41, 5.74) is 1.85. The molecule has 2 aromatic carbocycles. The Morgan fingerprint density at radius 2 is 1.87 bits per heavy atom. The van der Waals surface area contributed by atoms with E-state index < -0.39 is 15.9 Å². The fourth-order valence-electron chi connectivity index (χ4n) is 2.99. The summed E-state index contributed by atoms with van der Waals surface area (Å²) in [7, 11) is -3.81. The normalized spacial score (nSPS) is 11.7. The van der Waals surface area contributed by atoms with Gasteiger partial charge in [-0.15, -0.1) is 0 Å². The molecular weight excluding hydrogens is 404 g/mol. The number of phenolic OH excluding ortho intramolecular Hbond substituents is 1. The second-order valence-corrected chi connectivity index (χ2v) is 8.66. The number of hydrogen-bond acceptors (Lipinski definition) is 6. The number of benzene rings is 2. The first kappa shape index (κ1) is 21.4. The SMILES string of the molecule is CC(C)=C/C=C/Cc1c(-c2ccccc2)oc2cc(OS(C)(=O)=O)cc(O)c2c1=O. The average molecular weight is 426 g/mol. The van der Waals surface area contributed by atoms with Crippen molar-refractivity contribution in [2.45, 2.75) is 20.3 Å². The van der Waals surface area contributed by atoms with Crippen molar-refractivity contribution in [3.8, 4) is 22.8 Å². The molecule has 156 valence electrons. The van der Waals surface area contributed by atoms with Gasteiger partial charge in [0.1, 0.15) is 28.2 Å². The predicted molar refractivity (Wildman–Crippen MR) is 117 cm³/mol. The van der Waals surface area contributed by atoms with Crippen molar-refractivity contribution >= 4 is 21.1 Å². The Morgan fingerprint density at radius 1 is 1.17 bits per heavy atom. The van der Waals surface area contributed by atoms with Crippen LogP contribution in [0.2, 0.25) is 0 Å². The molecular formula is C23H22O6S. The molecule has 1 N–H and O–H groups in total. The third-order valence-corrected chi connectivity index (χ3v) is 4.71. The lowest BCUT2D eigenvalue weighted by Gasteiger charge is -2.11. The van der Waals surface area contributed by atoms with Gasteiger partial charge >= 0.3 is 10.1 Å². The monoisotopic (exact) mass is 426 g/mol. The first-order valence-electron chi connectivity index (χ1n) is 9.23. The van der Waals surface area contributed by atoms with Crippen LogP contribution in [0.15, 0.2) is 75.5 Å². The van der Waals surface area contributed by atoms with Crippen LogP contribution in [-0.2, 0) is 16.5 Å². The Bertz CT molecular complexity index is 1300. The van der Waals surface area contributed by atoms with Crippen LogP contribution >= 0.6 is 0 Å². The zero-order valence-corrected chi connectivity index (χ0v) is 17.7. The molecule has 0 saturated carbocycles. The van der Waals surface area contributed by atoms with Crippen LogP contribution in [0.3, 0.4) is 0 Å². The van der Waals surface area contributed by atoms with Gasteiger partial charge in [-0.25, -0.2) is 0 Å². The van der Waals surface area contributed by atoms with Crippen LogP contribution in [0.4, 0.5) is 0 Å². The number of aromatic hydroxyl groups is 1. The summed E-state index contributed by atoms with van der Waals surface area (Å²) >= 11 is 0. The number of fused-ring (bicyclic) bond motifs is 1. The minimum absolute atomic E-state index is 0.0267. The van der Waals surface area contributed by atoms with E-state index >= 15 is 0 Å². The van der Waals surface area contributed by atoms with E-state index in [1.54, 1.807) is 0 Å². The summed E-state index contributed by atoms with van der Waals surface area (Å²) in [5.74, 6) is -0.194. The van der Waals surface area contributed by atoms with Crippen molar-refractivity contribution < 1.29 is 22.1 Å². The van der Waals surface area contributed by atoms with Crippen molar-refractivity contribution in [2.75, 3.05) is 6.26 Å². The molecule has 30 heavy (non-hydrogen) atoms. The predicted octanol–water partition coefficient (Wildman–Crippen LogP) is 4.57. The highest BCUT2D eigenvalue weighted by molar-refractivity contribution is 7.86. The van der Waals surface area contributed by atoms with Crippen LogP contribution in [0.25, 0.3) is 22.3 Å². The van der Waals surface area contributed by atoms with Crippen molar-refractivity contribution in [3.05, 3.63) is 82.1 Å².